The molecular weight excluding hydrogens is 237 g/mol. The summed E-state index contributed by atoms with van der Waals surface area (Å²) in [7, 11) is 1.56. The third kappa shape index (κ3) is 4.33. The van der Waals surface area contributed by atoms with E-state index in [-0.39, 0.29) is 11.7 Å². The van der Waals surface area contributed by atoms with Gasteiger partial charge in [0.05, 0.1) is 6.61 Å². The summed E-state index contributed by atoms with van der Waals surface area (Å²) < 4.78 is 23.1. The van der Waals surface area contributed by atoms with E-state index in [1.807, 2.05) is 0 Å². The maximum absolute atomic E-state index is 12.7. The number of ether oxygens (including phenoxy) is 2. The number of methoxy groups -OCH3 is 1. The van der Waals surface area contributed by atoms with Gasteiger partial charge in [-0.3, -0.25) is 4.79 Å². The van der Waals surface area contributed by atoms with Crippen LogP contribution < -0.4 is 10.1 Å². The molecule has 0 bridgehead atoms. The molecule has 18 heavy (non-hydrogen) atoms. The fourth-order valence-corrected chi connectivity index (χ4v) is 1.32. The highest BCUT2D eigenvalue weighted by molar-refractivity contribution is 5.84. The van der Waals surface area contributed by atoms with E-state index in [0.29, 0.717) is 18.9 Å². The number of halogens is 1. The Morgan fingerprint density at radius 2 is 1.94 bits per heavy atom. The van der Waals surface area contributed by atoms with E-state index in [0.717, 1.165) is 0 Å². The molecule has 0 aliphatic rings. The Bertz CT molecular complexity index is 390. The Morgan fingerprint density at radius 1 is 1.33 bits per heavy atom. The molecule has 0 spiro atoms. The summed E-state index contributed by atoms with van der Waals surface area (Å²) in [5.41, 5.74) is -1.02. The monoisotopic (exact) mass is 255 g/mol. The Kier molecular flexibility index (Phi) is 5.09. The van der Waals surface area contributed by atoms with Crippen molar-refractivity contribution >= 4 is 5.91 Å². The third-order valence-corrected chi connectivity index (χ3v) is 2.33. The highest BCUT2D eigenvalue weighted by Gasteiger charge is 2.29. The van der Waals surface area contributed by atoms with Crippen LogP contribution in [0, 0.1) is 5.82 Å². The number of carbonyl (C=O) groups excluding carboxylic acids is 1. The first-order valence-corrected chi connectivity index (χ1v) is 5.67. The van der Waals surface area contributed by atoms with E-state index in [2.05, 4.69) is 5.32 Å². The molecule has 1 aromatic carbocycles. The van der Waals surface area contributed by atoms with Crippen molar-refractivity contribution in [2.45, 2.75) is 19.4 Å². The van der Waals surface area contributed by atoms with Gasteiger partial charge in [-0.15, -0.1) is 0 Å². The summed E-state index contributed by atoms with van der Waals surface area (Å²) in [6.45, 7) is 4.17. The van der Waals surface area contributed by atoms with Crippen molar-refractivity contribution in [2.75, 3.05) is 20.3 Å². The number of carbonyl (C=O) groups is 1. The SMILES string of the molecule is COCCNC(=O)C(C)(C)Oc1ccc(F)cc1. The molecule has 0 fully saturated rings. The van der Waals surface area contributed by atoms with Gasteiger partial charge in [-0.25, -0.2) is 4.39 Å². The zero-order chi connectivity index (χ0) is 13.6. The van der Waals surface area contributed by atoms with Crippen molar-refractivity contribution in [3.63, 3.8) is 0 Å². The Labute approximate surface area is 106 Å². The van der Waals surface area contributed by atoms with Crippen molar-refractivity contribution in [3.8, 4) is 5.75 Å². The van der Waals surface area contributed by atoms with Crippen LogP contribution in [0.15, 0.2) is 24.3 Å². The largest absolute Gasteiger partial charge is 0.478 e. The molecule has 0 aromatic heterocycles. The van der Waals surface area contributed by atoms with Crippen LogP contribution in [0.2, 0.25) is 0 Å². The van der Waals surface area contributed by atoms with Crippen LogP contribution >= 0.6 is 0 Å². The smallest absolute Gasteiger partial charge is 0.263 e. The highest BCUT2D eigenvalue weighted by Crippen LogP contribution is 2.18. The Morgan fingerprint density at radius 3 is 2.50 bits per heavy atom. The van der Waals surface area contributed by atoms with E-state index in [4.69, 9.17) is 9.47 Å². The average Bonchev–Trinajstić information content (AvgIpc) is 2.32. The molecule has 4 nitrogen and oxygen atoms in total. The van der Waals surface area contributed by atoms with Crippen LogP contribution in [-0.2, 0) is 9.53 Å². The quantitative estimate of drug-likeness (QED) is 0.788. The fraction of sp³-hybridized carbons (Fsp3) is 0.462. The van der Waals surface area contributed by atoms with Crippen LogP contribution in [0.4, 0.5) is 4.39 Å². The molecule has 0 atom stereocenters. The molecule has 0 aliphatic carbocycles. The maximum Gasteiger partial charge on any atom is 0.263 e. The standard InChI is InChI=1S/C13H18FNO3/c1-13(2,12(16)15-8-9-17-3)18-11-6-4-10(14)5-7-11/h4-7H,8-9H2,1-3H3,(H,15,16). The second-order valence-electron chi connectivity index (χ2n) is 4.31. The second-order valence-corrected chi connectivity index (χ2v) is 4.31. The molecule has 1 N–H and O–H groups in total. The van der Waals surface area contributed by atoms with Crippen LogP contribution in [0.5, 0.6) is 5.75 Å². The van der Waals surface area contributed by atoms with Gasteiger partial charge in [0.15, 0.2) is 5.60 Å². The summed E-state index contributed by atoms with van der Waals surface area (Å²) >= 11 is 0. The van der Waals surface area contributed by atoms with E-state index < -0.39 is 5.60 Å². The van der Waals surface area contributed by atoms with Gasteiger partial charge in [0.2, 0.25) is 0 Å². The number of rotatable bonds is 6. The lowest BCUT2D eigenvalue weighted by atomic mass is 10.1. The minimum absolute atomic E-state index is 0.246. The lowest BCUT2D eigenvalue weighted by molar-refractivity contribution is -0.134. The number of hydrogen-bond donors (Lipinski definition) is 1. The van der Waals surface area contributed by atoms with Crippen LogP contribution in [0.3, 0.4) is 0 Å². The van der Waals surface area contributed by atoms with Gasteiger partial charge < -0.3 is 14.8 Å². The van der Waals surface area contributed by atoms with Crippen LogP contribution in [-0.4, -0.2) is 31.8 Å². The van der Waals surface area contributed by atoms with Gasteiger partial charge in [0.1, 0.15) is 11.6 Å². The van der Waals surface area contributed by atoms with Gasteiger partial charge in [0.25, 0.3) is 5.91 Å². The molecular formula is C13H18FNO3. The first kappa shape index (κ1) is 14.4. The van der Waals surface area contributed by atoms with Gasteiger partial charge >= 0.3 is 0 Å². The van der Waals surface area contributed by atoms with Crippen LogP contribution in [0.25, 0.3) is 0 Å². The molecule has 100 valence electrons. The number of benzene rings is 1. The van der Waals surface area contributed by atoms with Gasteiger partial charge in [-0.2, -0.15) is 0 Å². The van der Waals surface area contributed by atoms with Gasteiger partial charge in [0, 0.05) is 13.7 Å². The zero-order valence-corrected chi connectivity index (χ0v) is 10.8. The molecule has 0 unspecified atom stereocenters. The van der Waals surface area contributed by atoms with Gasteiger partial charge in [-0.05, 0) is 38.1 Å². The lowest BCUT2D eigenvalue weighted by Crippen LogP contribution is -2.47. The van der Waals surface area contributed by atoms with Gasteiger partial charge in [-0.1, -0.05) is 0 Å². The molecule has 1 rings (SSSR count). The predicted octanol–water partition coefficient (Wildman–Crippen LogP) is 1.75. The summed E-state index contributed by atoms with van der Waals surface area (Å²) in [5, 5.41) is 2.69. The first-order chi connectivity index (χ1) is 8.45. The first-order valence-electron chi connectivity index (χ1n) is 5.67. The topological polar surface area (TPSA) is 47.6 Å². The van der Waals surface area contributed by atoms with Crippen molar-refractivity contribution < 1.29 is 18.7 Å². The van der Waals surface area contributed by atoms with Crippen LogP contribution in [0.1, 0.15) is 13.8 Å². The Hall–Kier alpha value is -1.62. The number of amides is 1. The third-order valence-electron chi connectivity index (χ3n) is 2.33. The minimum atomic E-state index is -1.02. The molecule has 0 saturated carbocycles. The fourth-order valence-electron chi connectivity index (χ4n) is 1.32. The van der Waals surface area contributed by atoms with Crippen molar-refractivity contribution in [2.24, 2.45) is 0 Å². The van der Waals surface area contributed by atoms with Crippen molar-refractivity contribution in [3.05, 3.63) is 30.1 Å². The second kappa shape index (κ2) is 6.35. The molecule has 5 heteroatoms. The summed E-state index contributed by atoms with van der Waals surface area (Å²) in [6, 6.07) is 5.54. The van der Waals surface area contributed by atoms with E-state index in [1.165, 1.54) is 24.3 Å². The van der Waals surface area contributed by atoms with Crippen molar-refractivity contribution in [1.29, 1.82) is 0 Å². The maximum atomic E-state index is 12.7. The Balaban J connectivity index is 2.57. The normalized spacial score (nSPS) is 11.1. The molecule has 1 aromatic rings. The predicted molar refractivity (Wildman–Crippen MR) is 66.0 cm³/mol. The lowest BCUT2D eigenvalue weighted by Gasteiger charge is -2.25. The molecule has 0 saturated heterocycles. The molecule has 1 amide bonds. The van der Waals surface area contributed by atoms with E-state index in [9.17, 15) is 9.18 Å². The summed E-state index contributed by atoms with van der Waals surface area (Å²) in [6.07, 6.45) is 0. The van der Waals surface area contributed by atoms with Crippen molar-refractivity contribution in [1.82, 2.24) is 5.32 Å². The molecule has 0 aliphatic heterocycles. The van der Waals surface area contributed by atoms with E-state index in [1.54, 1.807) is 21.0 Å². The molecule has 0 radical (unpaired) electrons. The summed E-state index contributed by atoms with van der Waals surface area (Å²) in [5.74, 6) is -0.142. The highest BCUT2D eigenvalue weighted by atomic mass is 19.1. The van der Waals surface area contributed by atoms with E-state index >= 15 is 0 Å². The zero-order valence-electron chi connectivity index (χ0n) is 10.8. The molecule has 0 heterocycles. The minimum Gasteiger partial charge on any atom is -0.478 e. The summed E-state index contributed by atoms with van der Waals surface area (Å²) in [4.78, 5) is 11.8. The number of nitrogens with one attached hydrogen (secondary N) is 1. The number of hydrogen-bond acceptors (Lipinski definition) is 3. The average molecular weight is 255 g/mol.